The number of hydrogen-bond donors (Lipinski definition) is 4. The molecule has 0 spiro atoms. The van der Waals surface area contributed by atoms with Gasteiger partial charge in [-0.2, -0.15) is 0 Å². The molecule has 0 radical (unpaired) electrons. The largest absolute Gasteiger partial charge is 0.480 e. The van der Waals surface area contributed by atoms with Crippen LogP contribution < -0.4 is 0 Å². The maximum atomic E-state index is 11.1. The molecule has 0 aromatic rings. The molecule has 4 N–H and O–H groups in total. The van der Waals surface area contributed by atoms with Crippen molar-refractivity contribution in [1.82, 2.24) is 14.7 Å². The van der Waals surface area contributed by atoms with Gasteiger partial charge in [0.25, 0.3) is 0 Å². The Morgan fingerprint density at radius 2 is 1.00 bits per heavy atom. The van der Waals surface area contributed by atoms with Crippen LogP contribution in [0.3, 0.4) is 0 Å². The molecule has 11 heteroatoms. The second-order valence-electron chi connectivity index (χ2n) is 6.17. The van der Waals surface area contributed by atoms with E-state index in [2.05, 4.69) is 0 Å². The van der Waals surface area contributed by atoms with E-state index in [0.717, 1.165) is 0 Å². The maximum Gasteiger partial charge on any atom is 0.317 e. The monoisotopic (exact) mass is 377 g/mol. The molecule has 150 valence electrons. The molecule has 2 atom stereocenters. The highest BCUT2D eigenvalue weighted by molar-refractivity contribution is 5.72. The maximum absolute atomic E-state index is 11.1. The second-order valence-corrected chi connectivity index (χ2v) is 6.17. The van der Waals surface area contributed by atoms with E-state index in [0.29, 0.717) is 0 Å². The summed E-state index contributed by atoms with van der Waals surface area (Å²) in [7, 11) is 1.59. The summed E-state index contributed by atoms with van der Waals surface area (Å²) in [5.74, 6) is -4.46. The van der Waals surface area contributed by atoms with Gasteiger partial charge in [-0.1, -0.05) is 0 Å². The van der Waals surface area contributed by atoms with Crippen molar-refractivity contribution in [2.45, 2.75) is 25.9 Å². The van der Waals surface area contributed by atoms with Crippen LogP contribution in [0.1, 0.15) is 13.8 Å². The van der Waals surface area contributed by atoms with Crippen LogP contribution in [-0.4, -0.2) is 117 Å². The standard InChI is InChI=1S/C15H27N3O8/c1-10(11(2)18(8-14(23)24)9-15(25)26)17(7-13(21)22)5-4-16(3)6-12(19)20/h10-11H,4-9H2,1-3H3,(H,19,20)(H,21,22)(H,23,24)(H,25,26). The minimum Gasteiger partial charge on any atom is -0.480 e. The Hall–Kier alpha value is -2.24. The van der Waals surface area contributed by atoms with Crippen LogP contribution >= 0.6 is 0 Å². The Morgan fingerprint density at radius 3 is 1.38 bits per heavy atom. The van der Waals surface area contributed by atoms with Crippen molar-refractivity contribution in [2.24, 2.45) is 0 Å². The van der Waals surface area contributed by atoms with Crippen molar-refractivity contribution in [3.8, 4) is 0 Å². The molecule has 0 aromatic carbocycles. The van der Waals surface area contributed by atoms with Crippen molar-refractivity contribution < 1.29 is 39.6 Å². The van der Waals surface area contributed by atoms with E-state index in [4.69, 9.17) is 20.4 Å². The number of carboxylic acids is 4. The first kappa shape index (κ1) is 23.8. The number of aliphatic carboxylic acids is 4. The summed E-state index contributed by atoms with van der Waals surface area (Å²) in [6.07, 6.45) is 0. The number of likely N-dealkylation sites (N-methyl/N-ethyl adjacent to an activating group) is 1. The summed E-state index contributed by atoms with van der Waals surface area (Å²) in [5, 5.41) is 35.8. The van der Waals surface area contributed by atoms with Gasteiger partial charge in [-0.3, -0.25) is 33.9 Å². The molecule has 0 rings (SSSR count). The zero-order chi connectivity index (χ0) is 20.4. The van der Waals surface area contributed by atoms with Gasteiger partial charge < -0.3 is 20.4 Å². The zero-order valence-electron chi connectivity index (χ0n) is 15.2. The molecule has 26 heavy (non-hydrogen) atoms. The molecule has 0 aliphatic rings. The highest BCUT2D eigenvalue weighted by Gasteiger charge is 2.29. The van der Waals surface area contributed by atoms with Gasteiger partial charge in [0.1, 0.15) is 0 Å². The van der Waals surface area contributed by atoms with Gasteiger partial charge in [0.15, 0.2) is 0 Å². The number of carbonyl (C=O) groups is 4. The third-order valence-electron chi connectivity index (χ3n) is 4.04. The first-order valence-electron chi connectivity index (χ1n) is 7.97. The molecule has 2 unspecified atom stereocenters. The van der Waals surface area contributed by atoms with Crippen LogP contribution in [0.5, 0.6) is 0 Å². The number of carboxylic acid groups (broad SMARTS) is 4. The van der Waals surface area contributed by atoms with Gasteiger partial charge in [0.05, 0.1) is 26.2 Å². The Kier molecular flexibility index (Phi) is 10.4. The SMILES string of the molecule is CC(C(C)N(CC(=O)O)CC(=O)O)N(CCN(C)CC(=O)O)CC(=O)O. The van der Waals surface area contributed by atoms with Crippen LogP contribution in [-0.2, 0) is 19.2 Å². The summed E-state index contributed by atoms with van der Waals surface area (Å²) in [6.45, 7) is 2.32. The zero-order valence-corrected chi connectivity index (χ0v) is 15.2. The van der Waals surface area contributed by atoms with E-state index >= 15 is 0 Å². The Labute approximate surface area is 151 Å². The highest BCUT2D eigenvalue weighted by atomic mass is 16.4. The van der Waals surface area contributed by atoms with Gasteiger partial charge in [-0.15, -0.1) is 0 Å². The predicted octanol–water partition coefficient (Wildman–Crippen LogP) is -1.36. The molecule has 11 nitrogen and oxygen atoms in total. The van der Waals surface area contributed by atoms with Crippen LogP contribution in [0.4, 0.5) is 0 Å². The van der Waals surface area contributed by atoms with Gasteiger partial charge >= 0.3 is 23.9 Å². The fourth-order valence-corrected chi connectivity index (χ4v) is 2.51. The Bertz CT molecular complexity index is 497. The van der Waals surface area contributed by atoms with Crippen LogP contribution in [0.2, 0.25) is 0 Å². The summed E-state index contributed by atoms with van der Waals surface area (Å²) < 4.78 is 0. The van der Waals surface area contributed by atoms with Gasteiger partial charge in [-0.05, 0) is 20.9 Å². The topological polar surface area (TPSA) is 159 Å². The third kappa shape index (κ3) is 9.91. The number of hydrogen-bond acceptors (Lipinski definition) is 7. The average Bonchev–Trinajstić information content (AvgIpc) is 2.47. The summed E-state index contributed by atoms with van der Waals surface area (Å²) in [4.78, 5) is 48.1. The summed E-state index contributed by atoms with van der Waals surface area (Å²) in [6, 6.07) is -1.02. The van der Waals surface area contributed by atoms with Crippen molar-refractivity contribution in [2.75, 3.05) is 46.3 Å². The predicted molar refractivity (Wildman–Crippen MR) is 90.1 cm³/mol. The smallest absolute Gasteiger partial charge is 0.317 e. The average molecular weight is 377 g/mol. The van der Waals surface area contributed by atoms with Crippen LogP contribution in [0, 0.1) is 0 Å². The summed E-state index contributed by atoms with van der Waals surface area (Å²) >= 11 is 0. The van der Waals surface area contributed by atoms with Crippen LogP contribution in [0.15, 0.2) is 0 Å². The molecular formula is C15H27N3O8. The minimum absolute atomic E-state index is 0.199. The van der Waals surface area contributed by atoms with Crippen LogP contribution in [0.25, 0.3) is 0 Å². The molecule has 0 amide bonds. The van der Waals surface area contributed by atoms with Gasteiger partial charge in [-0.25, -0.2) is 0 Å². The van der Waals surface area contributed by atoms with Crippen molar-refractivity contribution in [3.63, 3.8) is 0 Å². The van der Waals surface area contributed by atoms with Crippen molar-refractivity contribution in [3.05, 3.63) is 0 Å². The van der Waals surface area contributed by atoms with E-state index < -0.39 is 49.1 Å². The van der Waals surface area contributed by atoms with E-state index in [1.807, 2.05) is 0 Å². The fraction of sp³-hybridized carbons (Fsp3) is 0.733. The highest BCUT2D eigenvalue weighted by Crippen LogP contribution is 2.11. The second kappa shape index (κ2) is 11.4. The normalized spacial score (nSPS) is 13.8. The minimum atomic E-state index is -1.18. The molecule has 0 aliphatic heterocycles. The molecule has 0 heterocycles. The lowest BCUT2D eigenvalue weighted by atomic mass is 10.1. The number of rotatable bonds is 14. The molecule has 0 aliphatic carbocycles. The molecular weight excluding hydrogens is 350 g/mol. The van der Waals surface area contributed by atoms with Crippen molar-refractivity contribution in [1.29, 1.82) is 0 Å². The fourth-order valence-electron chi connectivity index (χ4n) is 2.51. The van der Waals surface area contributed by atoms with E-state index in [1.54, 1.807) is 25.8 Å². The lowest BCUT2D eigenvalue weighted by molar-refractivity contribution is -0.145. The third-order valence-corrected chi connectivity index (χ3v) is 4.04. The molecule has 0 fully saturated rings. The van der Waals surface area contributed by atoms with E-state index in [-0.39, 0.29) is 26.2 Å². The Morgan fingerprint density at radius 1 is 0.654 bits per heavy atom. The first-order chi connectivity index (χ1) is 11.9. The lowest BCUT2D eigenvalue weighted by Crippen LogP contribution is -2.54. The van der Waals surface area contributed by atoms with E-state index in [1.165, 1.54) is 9.80 Å². The summed E-state index contributed by atoms with van der Waals surface area (Å²) in [5.41, 5.74) is 0. The first-order valence-corrected chi connectivity index (χ1v) is 7.97. The number of nitrogens with zero attached hydrogens (tertiary/aromatic N) is 3. The molecule has 0 bridgehead atoms. The molecule has 0 aromatic heterocycles. The Balaban J connectivity index is 5.12. The molecule has 0 saturated carbocycles. The van der Waals surface area contributed by atoms with E-state index in [9.17, 15) is 19.2 Å². The van der Waals surface area contributed by atoms with Gasteiger partial charge in [0, 0.05) is 25.2 Å². The quantitative estimate of drug-likeness (QED) is 0.283. The van der Waals surface area contributed by atoms with Crippen molar-refractivity contribution >= 4 is 23.9 Å². The van der Waals surface area contributed by atoms with Gasteiger partial charge in [0.2, 0.25) is 0 Å². The lowest BCUT2D eigenvalue weighted by Gasteiger charge is -2.37. The molecule has 0 saturated heterocycles.